The van der Waals surface area contributed by atoms with Gasteiger partial charge >= 0.3 is 12.0 Å². The molecule has 3 rings (SSSR count). The van der Waals surface area contributed by atoms with E-state index in [1.807, 2.05) is 13.0 Å². The Hall–Kier alpha value is -3.03. The van der Waals surface area contributed by atoms with Gasteiger partial charge in [-0.2, -0.15) is 0 Å². The van der Waals surface area contributed by atoms with Gasteiger partial charge in [0.2, 0.25) is 0 Å². The van der Waals surface area contributed by atoms with Crippen molar-refractivity contribution >= 4 is 17.7 Å². The van der Waals surface area contributed by atoms with Crippen LogP contribution in [0.3, 0.4) is 0 Å². The van der Waals surface area contributed by atoms with Gasteiger partial charge in [-0.1, -0.05) is 13.0 Å². The molecule has 8 heteroatoms. The van der Waals surface area contributed by atoms with E-state index in [1.54, 1.807) is 12.5 Å². The van der Waals surface area contributed by atoms with Crippen LogP contribution in [0.25, 0.3) is 0 Å². The van der Waals surface area contributed by atoms with Crippen molar-refractivity contribution < 1.29 is 14.3 Å². The Morgan fingerprint density at radius 1 is 1.23 bits per heavy atom. The number of urea groups is 1. The average Bonchev–Trinajstić information content (AvgIpc) is 3.25. The molecule has 2 atom stereocenters. The summed E-state index contributed by atoms with van der Waals surface area (Å²) in [4.78, 5) is 33.7. The molecule has 1 aromatic heterocycles. The van der Waals surface area contributed by atoms with E-state index < -0.39 is 0 Å². The first-order chi connectivity index (χ1) is 14.5. The molecule has 0 aliphatic carbocycles. The van der Waals surface area contributed by atoms with Crippen LogP contribution in [-0.4, -0.2) is 48.1 Å². The molecule has 2 unspecified atom stereocenters. The molecule has 1 aliphatic rings. The molecule has 3 N–H and O–H groups in total. The molecule has 0 bridgehead atoms. The number of carbonyl (C=O) groups is 2. The minimum Gasteiger partial charge on any atom is -0.426 e. The van der Waals surface area contributed by atoms with Crippen LogP contribution in [-0.2, 0) is 11.2 Å². The van der Waals surface area contributed by atoms with Crippen molar-refractivity contribution in [2.45, 2.75) is 39.5 Å². The normalized spacial score (nSPS) is 17.8. The molecule has 30 heavy (non-hydrogen) atoms. The van der Waals surface area contributed by atoms with Gasteiger partial charge in [0.25, 0.3) is 0 Å². The standard InChI is InChI=1S/C22H31N5O3/c1-4-27(5-2)17-6-7-18-15(3)19(21(28)30-20(18)12-17)9-11-25-22(29)24-10-8-16-13-23-14-26-16/h6-7,12-15,19H,4-5,8-11H2,1-3H3,(H,23,26)(H2,24,25,29). The highest BCUT2D eigenvalue weighted by Crippen LogP contribution is 2.40. The largest absolute Gasteiger partial charge is 0.426 e. The lowest BCUT2D eigenvalue weighted by molar-refractivity contribution is -0.141. The maximum absolute atomic E-state index is 12.6. The number of aromatic nitrogens is 2. The Balaban J connectivity index is 1.50. The highest BCUT2D eigenvalue weighted by Gasteiger charge is 2.35. The van der Waals surface area contributed by atoms with Gasteiger partial charge in [0.1, 0.15) is 5.75 Å². The number of nitrogens with zero attached hydrogens (tertiary/aromatic N) is 2. The fourth-order valence-corrected chi connectivity index (χ4v) is 3.88. The minimum atomic E-state index is -0.276. The van der Waals surface area contributed by atoms with Crippen molar-refractivity contribution in [3.8, 4) is 5.75 Å². The van der Waals surface area contributed by atoms with Gasteiger partial charge in [-0.3, -0.25) is 4.79 Å². The number of fused-ring (bicyclic) bond motifs is 1. The number of aromatic amines is 1. The lowest BCUT2D eigenvalue weighted by Gasteiger charge is -2.31. The van der Waals surface area contributed by atoms with Crippen molar-refractivity contribution in [1.29, 1.82) is 0 Å². The van der Waals surface area contributed by atoms with Gasteiger partial charge in [0.15, 0.2) is 0 Å². The Bertz CT molecular complexity index is 848. The van der Waals surface area contributed by atoms with Crippen LogP contribution in [0, 0.1) is 5.92 Å². The number of hydrogen-bond acceptors (Lipinski definition) is 5. The number of amides is 2. The van der Waals surface area contributed by atoms with Crippen LogP contribution < -0.4 is 20.3 Å². The molecule has 1 aliphatic heterocycles. The molecule has 0 spiro atoms. The van der Waals surface area contributed by atoms with Crippen LogP contribution in [0.4, 0.5) is 10.5 Å². The minimum absolute atomic E-state index is 0.0391. The van der Waals surface area contributed by atoms with Crippen molar-refractivity contribution in [3.63, 3.8) is 0 Å². The summed E-state index contributed by atoms with van der Waals surface area (Å²) in [5.41, 5.74) is 3.07. The molecule has 2 heterocycles. The maximum Gasteiger partial charge on any atom is 0.315 e. The van der Waals surface area contributed by atoms with Gasteiger partial charge in [-0.05, 0) is 37.8 Å². The molecule has 0 fully saturated rings. The fourth-order valence-electron chi connectivity index (χ4n) is 3.88. The predicted molar refractivity (Wildman–Crippen MR) is 116 cm³/mol. The summed E-state index contributed by atoms with van der Waals surface area (Å²) in [6.45, 7) is 8.98. The smallest absolute Gasteiger partial charge is 0.315 e. The second-order valence-corrected chi connectivity index (χ2v) is 7.51. The Morgan fingerprint density at radius 2 is 2.00 bits per heavy atom. The molecule has 0 saturated heterocycles. The molecule has 0 saturated carbocycles. The van der Waals surface area contributed by atoms with E-state index >= 15 is 0 Å². The number of anilines is 1. The third-order valence-electron chi connectivity index (χ3n) is 5.71. The van der Waals surface area contributed by atoms with Gasteiger partial charge in [-0.15, -0.1) is 0 Å². The maximum atomic E-state index is 12.6. The zero-order chi connectivity index (χ0) is 21.5. The van der Waals surface area contributed by atoms with E-state index in [0.717, 1.165) is 30.0 Å². The summed E-state index contributed by atoms with van der Waals surface area (Å²) in [7, 11) is 0. The first kappa shape index (κ1) is 21.7. The highest BCUT2D eigenvalue weighted by atomic mass is 16.5. The van der Waals surface area contributed by atoms with Crippen molar-refractivity contribution in [3.05, 3.63) is 42.0 Å². The van der Waals surface area contributed by atoms with E-state index in [4.69, 9.17) is 4.74 Å². The summed E-state index contributed by atoms with van der Waals surface area (Å²) in [6.07, 6.45) is 4.57. The van der Waals surface area contributed by atoms with Crippen LogP contribution >= 0.6 is 0 Å². The predicted octanol–water partition coefficient (Wildman–Crippen LogP) is 2.83. The average molecular weight is 414 g/mol. The molecule has 2 amide bonds. The number of H-pyrrole nitrogens is 1. The number of carbonyl (C=O) groups excluding carboxylic acids is 2. The third kappa shape index (κ3) is 5.11. The Kier molecular flexibility index (Phi) is 7.32. The van der Waals surface area contributed by atoms with Crippen molar-refractivity contribution in [2.24, 2.45) is 5.92 Å². The van der Waals surface area contributed by atoms with Crippen molar-refractivity contribution in [2.75, 3.05) is 31.1 Å². The molecule has 0 radical (unpaired) electrons. The van der Waals surface area contributed by atoms with Gasteiger partial charge in [-0.25, -0.2) is 9.78 Å². The molecule has 2 aromatic rings. The topological polar surface area (TPSA) is 99.3 Å². The molecule has 8 nitrogen and oxygen atoms in total. The van der Waals surface area contributed by atoms with E-state index in [9.17, 15) is 9.59 Å². The van der Waals surface area contributed by atoms with E-state index in [0.29, 0.717) is 31.7 Å². The summed E-state index contributed by atoms with van der Waals surface area (Å²) in [5, 5.41) is 5.63. The van der Waals surface area contributed by atoms with Crippen LogP contribution in [0.15, 0.2) is 30.7 Å². The SMILES string of the molecule is CCN(CC)c1ccc2c(c1)OC(=O)C(CCNC(=O)NCCc1cnc[nH]1)C2C. The Labute approximate surface area is 177 Å². The van der Waals surface area contributed by atoms with Crippen molar-refractivity contribution in [1.82, 2.24) is 20.6 Å². The summed E-state index contributed by atoms with van der Waals surface area (Å²) in [5.74, 6) is 0.185. The molecule has 162 valence electrons. The van der Waals surface area contributed by atoms with Gasteiger partial charge in [0, 0.05) is 56.2 Å². The van der Waals surface area contributed by atoms with E-state index in [1.165, 1.54) is 0 Å². The fraction of sp³-hybridized carbons (Fsp3) is 0.500. The molecular formula is C22H31N5O3. The lowest BCUT2D eigenvalue weighted by Crippen LogP contribution is -2.39. The monoisotopic (exact) mass is 413 g/mol. The molecule has 1 aromatic carbocycles. The van der Waals surface area contributed by atoms with E-state index in [-0.39, 0.29) is 23.8 Å². The number of imidazole rings is 1. The third-order valence-corrected chi connectivity index (χ3v) is 5.71. The zero-order valence-corrected chi connectivity index (χ0v) is 17.9. The second kappa shape index (κ2) is 10.1. The number of hydrogen-bond donors (Lipinski definition) is 3. The second-order valence-electron chi connectivity index (χ2n) is 7.51. The number of ether oxygens (including phenoxy) is 1. The first-order valence-corrected chi connectivity index (χ1v) is 10.6. The number of esters is 1. The lowest BCUT2D eigenvalue weighted by atomic mass is 9.83. The van der Waals surface area contributed by atoms with Gasteiger partial charge in [0.05, 0.1) is 12.2 Å². The van der Waals surface area contributed by atoms with Crippen LogP contribution in [0.1, 0.15) is 44.4 Å². The van der Waals surface area contributed by atoms with E-state index in [2.05, 4.69) is 51.5 Å². The zero-order valence-electron chi connectivity index (χ0n) is 17.9. The van der Waals surface area contributed by atoms with Gasteiger partial charge < -0.3 is 25.3 Å². The quantitative estimate of drug-likeness (QED) is 0.434. The summed E-state index contributed by atoms with van der Waals surface area (Å²) >= 11 is 0. The van der Waals surface area contributed by atoms with Crippen LogP contribution in [0.5, 0.6) is 5.75 Å². The number of nitrogens with one attached hydrogen (secondary N) is 3. The summed E-state index contributed by atoms with van der Waals surface area (Å²) in [6, 6.07) is 5.86. The number of benzene rings is 1. The summed E-state index contributed by atoms with van der Waals surface area (Å²) < 4.78 is 5.66. The highest BCUT2D eigenvalue weighted by molar-refractivity contribution is 5.80. The first-order valence-electron chi connectivity index (χ1n) is 10.6. The number of rotatable bonds is 9. The Morgan fingerprint density at radius 3 is 2.70 bits per heavy atom. The molecular weight excluding hydrogens is 382 g/mol. The van der Waals surface area contributed by atoms with Crippen LogP contribution in [0.2, 0.25) is 0 Å².